The second-order valence-corrected chi connectivity index (χ2v) is 11.8. The number of hydrogen-bond donors (Lipinski definition) is 1. The molecule has 1 aliphatic rings. The van der Waals surface area contributed by atoms with Gasteiger partial charge in [0.05, 0.1) is 0 Å². The summed E-state index contributed by atoms with van der Waals surface area (Å²) in [6.07, 6.45) is 15.0. The molecule has 1 N–H and O–H groups in total. The Morgan fingerprint density at radius 3 is 2.11 bits per heavy atom. The van der Waals surface area contributed by atoms with Crippen LogP contribution in [-0.2, 0) is 9.63 Å². The maximum atomic E-state index is 13.0. The molecule has 0 saturated carbocycles. The average Bonchev–Trinajstić information content (AvgIpc) is 2.89. The van der Waals surface area contributed by atoms with E-state index in [0.29, 0.717) is 6.42 Å². The number of unbranched alkanes of at least 4 members (excludes halogenated alkanes) is 8. The van der Waals surface area contributed by atoms with Crippen molar-refractivity contribution in [3.8, 4) is 0 Å². The van der Waals surface area contributed by atoms with Crippen molar-refractivity contribution in [3.63, 3.8) is 0 Å². The van der Waals surface area contributed by atoms with Gasteiger partial charge in [0.1, 0.15) is 6.10 Å². The summed E-state index contributed by atoms with van der Waals surface area (Å²) in [5.74, 6) is 0.510. The van der Waals surface area contributed by atoms with E-state index in [0.717, 1.165) is 25.7 Å². The van der Waals surface area contributed by atoms with Gasteiger partial charge >= 0.3 is 0 Å². The van der Waals surface area contributed by atoms with E-state index in [2.05, 4.69) is 83.1 Å². The molecule has 5 atom stereocenters. The van der Waals surface area contributed by atoms with Gasteiger partial charge in [-0.05, 0) is 57.9 Å². The Morgan fingerprint density at radius 1 is 0.972 bits per heavy atom. The molecule has 0 radical (unpaired) electrons. The highest BCUT2D eigenvalue weighted by Crippen LogP contribution is 2.47. The van der Waals surface area contributed by atoms with Crippen LogP contribution in [0.3, 0.4) is 0 Å². The summed E-state index contributed by atoms with van der Waals surface area (Å²) in [6, 6.07) is 10.6. The number of benzene rings is 1. The van der Waals surface area contributed by atoms with Gasteiger partial charge in [-0.1, -0.05) is 109 Å². The Balaban J connectivity index is 1.94. The van der Waals surface area contributed by atoms with Gasteiger partial charge in [0.25, 0.3) is 0 Å². The predicted octanol–water partition coefficient (Wildman–Crippen LogP) is 8.76. The first-order valence-corrected chi connectivity index (χ1v) is 15.0. The molecule has 1 fully saturated rings. The number of amides is 1. The quantitative estimate of drug-likeness (QED) is 0.231. The van der Waals surface area contributed by atoms with Crippen molar-refractivity contribution >= 4 is 5.91 Å². The molecule has 206 valence electrons. The third kappa shape index (κ3) is 8.31. The molecule has 5 unspecified atom stereocenters. The second kappa shape index (κ2) is 15.1. The molecule has 0 bridgehead atoms. The Kier molecular flexibility index (Phi) is 13.0. The number of nitrogens with zero attached hydrogens (tertiary/aromatic N) is 1. The van der Waals surface area contributed by atoms with Crippen LogP contribution in [0.15, 0.2) is 30.3 Å². The van der Waals surface area contributed by atoms with E-state index in [-0.39, 0.29) is 35.0 Å². The van der Waals surface area contributed by atoms with Gasteiger partial charge in [-0.2, -0.15) is 5.06 Å². The lowest BCUT2D eigenvalue weighted by molar-refractivity contribution is -0.327. The maximum Gasteiger partial charge on any atom is 0.220 e. The number of carbonyl (C=O) groups is 1. The van der Waals surface area contributed by atoms with Crippen LogP contribution in [0.1, 0.15) is 144 Å². The summed E-state index contributed by atoms with van der Waals surface area (Å²) < 4.78 is 0. The van der Waals surface area contributed by atoms with Crippen molar-refractivity contribution in [2.45, 2.75) is 155 Å². The van der Waals surface area contributed by atoms with Crippen molar-refractivity contribution in [2.75, 3.05) is 0 Å². The molecule has 1 heterocycles. The number of hydroxylamine groups is 2. The topological polar surface area (TPSA) is 41.6 Å². The first kappa shape index (κ1) is 30.8. The maximum absolute atomic E-state index is 13.0. The van der Waals surface area contributed by atoms with E-state index >= 15 is 0 Å². The van der Waals surface area contributed by atoms with Gasteiger partial charge in [0.2, 0.25) is 5.91 Å². The third-order valence-electron chi connectivity index (χ3n) is 9.06. The second-order valence-electron chi connectivity index (χ2n) is 11.8. The van der Waals surface area contributed by atoms with Crippen LogP contribution in [-0.4, -0.2) is 28.1 Å². The zero-order chi connectivity index (χ0) is 26.6. The molecule has 0 aromatic heterocycles. The molecule has 2 rings (SSSR count). The van der Waals surface area contributed by atoms with Gasteiger partial charge in [-0.15, -0.1) is 0 Å². The van der Waals surface area contributed by atoms with Crippen LogP contribution < -0.4 is 5.32 Å². The molecular weight excluding hydrogens is 444 g/mol. The van der Waals surface area contributed by atoms with Crippen LogP contribution in [0.4, 0.5) is 0 Å². The van der Waals surface area contributed by atoms with Crippen molar-refractivity contribution in [1.82, 2.24) is 10.4 Å². The lowest BCUT2D eigenvalue weighted by atomic mass is 9.68. The largest absolute Gasteiger partial charge is 0.353 e. The fourth-order valence-corrected chi connectivity index (χ4v) is 5.96. The number of nitrogens with one attached hydrogen (secondary N) is 1. The minimum Gasteiger partial charge on any atom is -0.353 e. The molecule has 0 aliphatic carbocycles. The minimum atomic E-state index is -0.165. The van der Waals surface area contributed by atoms with E-state index in [1.165, 1.54) is 56.9 Å². The summed E-state index contributed by atoms with van der Waals surface area (Å²) in [5.41, 5.74) is 0.885. The van der Waals surface area contributed by atoms with E-state index in [1.54, 1.807) is 0 Å². The van der Waals surface area contributed by atoms with E-state index < -0.39 is 0 Å². The summed E-state index contributed by atoms with van der Waals surface area (Å²) in [7, 11) is 0. The summed E-state index contributed by atoms with van der Waals surface area (Å²) in [5, 5.41) is 5.77. The van der Waals surface area contributed by atoms with Crippen LogP contribution in [0.2, 0.25) is 0 Å². The van der Waals surface area contributed by atoms with Gasteiger partial charge in [0, 0.05) is 23.5 Å². The van der Waals surface area contributed by atoms with Crippen molar-refractivity contribution in [1.29, 1.82) is 0 Å². The minimum absolute atomic E-state index is 0.0204. The third-order valence-corrected chi connectivity index (χ3v) is 9.06. The molecular formula is C32H56N2O2. The Labute approximate surface area is 222 Å². The smallest absolute Gasteiger partial charge is 0.220 e. The summed E-state index contributed by atoms with van der Waals surface area (Å²) in [4.78, 5) is 19.7. The number of piperidine rings is 1. The highest BCUT2D eigenvalue weighted by Gasteiger charge is 2.54. The zero-order valence-corrected chi connectivity index (χ0v) is 24.6. The van der Waals surface area contributed by atoms with Crippen LogP contribution in [0.5, 0.6) is 0 Å². The van der Waals surface area contributed by atoms with Gasteiger partial charge < -0.3 is 5.32 Å². The molecule has 36 heavy (non-hydrogen) atoms. The molecule has 1 aromatic rings. The summed E-state index contributed by atoms with van der Waals surface area (Å²) >= 11 is 0. The Bertz CT molecular complexity index is 754. The number of rotatable bonds is 16. The average molecular weight is 501 g/mol. The molecule has 0 spiro atoms. The Morgan fingerprint density at radius 2 is 1.56 bits per heavy atom. The predicted molar refractivity (Wildman–Crippen MR) is 153 cm³/mol. The first-order valence-electron chi connectivity index (χ1n) is 15.0. The highest BCUT2D eigenvalue weighted by molar-refractivity contribution is 5.76. The van der Waals surface area contributed by atoms with Gasteiger partial charge in [-0.25, -0.2) is 0 Å². The lowest BCUT2D eigenvalue weighted by Crippen LogP contribution is -2.70. The normalized spacial score (nSPS) is 27.6. The fraction of sp³-hybridized carbons (Fsp3) is 0.781. The molecule has 1 amide bonds. The summed E-state index contributed by atoms with van der Waals surface area (Å²) in [6.45, 7) is 15.8. The Hall–Kier alpha value is -1.39. The first-order chi connectivity index (χ1) is 17.2. The molecule has 1 saturated heterocycles. The van der Waals surface area contributed by atoms with E-state index in [9.17, 15) is 4.79 Å². The number of hydrogen-bond acceptors (Lipinski definition) is 3. The van der Waals surface area contributed by atoms with Crippen molar-refractivity contribution in [3.05, 3.63) is 35.9 Å². The lowest BCUT2D eigenvalue weighted by Gasteiger charge is -2.60. The van der Waals surface area contributed by atoms with Crippen molar-refractivity contribution in [2.24, 2.45) is 5.92 Å². The van der Waals surface area contributed by atoms with E-state index in [4.69, 9.17) is 4.84 Å². The van der Waals surface area contributed by atoms with Gasteiger partial charge in [0.15, 0.2) is 0 Å². The van der Waals surface area contributed by atoms with E-state index in [1.807, 2.05) is 6.07 Å². The fourth-order valence-electron chi connectivity index (χ4n) is 5.96. The molecule has 4 heteroatoms. The van der Waals surface area contributed by atoms with Crippen LogP contribution in [0, 0.1) is 5.92 Å². The highest BCUT2D eigenvalue weighted by atomic mass is 16.7. The molecule has 4 nitrogen and oxygen atoms in total. The monoisotopic (exact) mass is 500 g/mol. The van der Waals surface area contributed by atoms with Crippen LogP contribution in [0.25, 0.3) is 0 Å². The standard InChI is InChI=1S/C32H56N2O2/c1-8-11-12-13-14-15-16-17-21-24-30(35)33-29-25-31(6,9-2)34(32(7,10-3)26(29)4)36-27(5)28-22-19-18-20-23-28/h18-20,22-23,26-27,29H,8-17,21,24-25H2,1-7H3,(H,33,35). The molecule has 1 aliphatic heterocycles. The molecule has 1 aromatic carbocycles. The number of carbonyl (C=O) groups excluding carboxylic acids is 1. The van der Waals surface area contributed by atoms with Crippen LogP contribution >= 0.6 is 0 Å². The SMILES string of the molecule is CCCCCCCCCCCC(=O)NC1CC(C)(CC)N(OC(C)c2ccccc2)C(C)(CC)C1C. The van der Waals surface area contributed by atoms with Crippen molar-refractivity contribution < 1.29 is 9.63 Å². The van der Waals surface area contributed by atoms with Gasteiger partial charge in [-0.3, -0.25) is 9.63 Å². The zero-order valence-electron chi connectivity index (χ0n) is 24.6.